The maximum atomic E-state index is 13.2. The van der Waals surface area contributed by atoms with Crippen molar-refractivity contribution in [3.63, 3.8) is 0 Å². The molecule has 4 rings (SSSR count). The van der Waals surface area contributed by atoms with Gasteiger partial charge < -0.3 is 19.1 Å². The smallest absolute Gasteiger partial charge is 0.292 e. The van der Waals surface area contributed by atoms with Crippen LogP contribution in [0, 0.1) is 13.8 Å². The van der Waals surface area contributed by atoms with E-state index in [1.54, 1.807) is 23.1 Å². The lowest BCUT2D eigenvalue weighted by molar-refractivity contribution is -0.180. The highest BCUT2D eigenvalue weighted by Gasteiger charge is 2.57. The summed E-state index contributed by atoms with van der Waals surface area (Å²) < 4.78 is 17.4. The van der Waals surface area contributed by atoms with E-state index in [2.05, 4.69) is 0 Å². The van der Waals surface area contributed by atoms with E-state index in [0.29, 0.717) is 35.6 Å². The third kappa shape index (κ3) is 2.99. The number of nitrogens with zero attached hydrogens (tertiary/aromatic N) is 1. The number of carbonyl (C=O) groups is 1. The number of hydrogen-bond acceptors (Lipinski definition) is 4. The fourth-order valence-corrected chi connectivity index (χ4v) is 4.14. The molecule has 0 unspecified atom stereocenters. The molecule has 2 aliphatic rings. The molecule has 0 saturated carbocycles. The Morgan fingerprint density at radius 2 is 1.81 bits per heavy atom. The van der Waals surface area contributed by atoms with Crippen molar-refractivity contribution in [2.45, 2.75) is 19.6 Å². The second-order valence-electron chi connectivity index (χ2n) is 6.62. The highest BCUT2D eigenvalue weighted by Crippen LogP contribution is 2.48. The van der Waals surface area contributed by atoms with Crippen LogP contribution in [-0.4, -0.2) is 32.3 Å². The lowest BCUT2D eigenvalue weighted by Crippen LogP contribution is -2.42. The van der Waals surface area contributed by atoms with Gasteiger partial charge in [0, 0.05) is 10.6 Å². The molecule has 0 bridgehead atoms. The molecule has 0 atom stereocenters. The van der Waals surface area contributed by atoms with Crippen LogP contribution in [0.3, 0.4) is 0 Å². The normalized spacial score (nSPS) is 17.6. The van der Waals surface area contributed by atoms with Crippen molar-refractivity contribution in [3.8, 4) is 5.75 Å². The van der Waals surface area contributed by atoms with E-state index < -0.39 is 5.79 Å². The molecule has 142 valence electrons. The Labute approximate surface area is 167 Å². The van der Waals surface area contributed by atoms with Gasteiger partial charge in [-0.25, -0.2) is 0 Å². The Kier molecular flexibility index (Phi) is 4.80. The average molecular weight is 408 g/mol. The lowest BCUT2D eigenvalue weighted by Gasteiger charge is -2.22. The van der Waals surface area contributed by atoms with Gasteiger partial charge in [0.05, 0.1) is 30.5 Å². The maximum Gasteiger partial charge on any atom is 0.292 e. The van der Waals surface area contributed by atoms with Crippen LogP contribution in [0.15, 0.2) is 30.3 Å². The molecule has 0 N–H and O–H groups in total. The number of rotatable bonds is 4. The van der Waals surface area contributed by atoms with Gasteiger partial charge in [-0.3, -0.25) is 4.79 Å². The van der Waals surface area contributed by atoms with Crippen LogP contribution in [0.5, 0.6) is 5.75 Å². The summed E-state index contributed by atoms with van der Waals surface area (Å²) in [5, 5.41) is 0.973. The maximum absolute atomic E-state index is 13.2. The van der Waals surface area contributed by atoms with Gasteiger partial charge in [-0.2, -0.15) is 0 Å². The van der Waals surface area contributed by atoms with Gasteiger partial charge in [0.2, 0.25) is 0 Å². The van der Waals surface area contributed by atoms with Crippen molar-refractivity contribution in [2.75, 3.05) is 31.3 Å². The quantitative estimate of drug-likeness (QED) is 0.760. The highest BCUT2D eigenvalue weighted by molar-refractivity contribution is 6.35. The summed E-state index contributed by atoms with van der Waals surface area (Å²) in [6.07, 6.45) is 0. The zero-order valence-electron chi connectivity index (χ0n) is 15.1. The Morgan fingerprint density at radius 3 is 2.52 bits per heavy atom. The minimum atomic E-state index is -1.33. The van der Waals surface area contributed by atoms with Crippen LogP contribution < -0.4 is 9.64 Å². The summed E-state index contributed by atoms with van der Waals surface area (Å²) in [6, 6.07) is 9.03. The van der Waals surface area contributed by atoms with E-state index in [0.717, 1.165) is 22.4 Å². The fraction of sp³-hybridized carbons (Fsp3) is 0.350. The van der Waals surface area contributed by atoms with Crippen molar-refractivity contribution in [2.24, 2.45) is 0 Å². The predicted octanol–water partition coefficient (Wildman–Crippen LogP) is 4.24. The van der Waals surface area contributed by atoms with Crippen LogP contribution in [0.2, 0.25) is 10.0 Å². The van der Waals surface area contributed by atoms with Crippen LogP contribution in [0.1, 0.15) is 16.7 Å². The number of amides is 1. The third-order valence-corrected chi connectivity index (χ3v) is 5.40. The van der Waals surface area contributed by atoms with Crippen LogP contribution >= 0.6 is 23.2 Å². The molecule has 2 heterocycles. The molecule has 0 aromatic heterocycles. The van der Waals surface area contributed by atoms with Gasteiger partial charge in [0.1, 0.15) is 12.4 Å². The molecule has 2 aromatic carbocycles. The van der Waals surface area contributed by atoms with Crippen molar-refractivity contribution >= 4 is 34.8 Å². The zero-order chi connectivity index (χ0) is 19.2. The first kappa shape index (κ1) is 18.6. The standard InChI is InChI=1S/C20H19Cl2NO4/c1-12-3-4-13(2)18-17(12)20(26-9-10-27-20)19(24)23(18)7-8-25-16-6-5-14(21)11-15(16)22/h3-6,11H,7-10H2,1-2H3. The summed E-state index contributed by atoms with van der Waals surface area (Å²) >= 11 is 12.1. The van der Waals surface area contributed by atoms with E-state index in [9.17, 15) is 4.79 Å². The highest BCUT2D eigenvalue weighted by atomic mass is 35.5. The van der Waals surface area contributed by atoms with E-state index in [1.807, 2.05) is 26.0 Å². The van der Waals surface area contributed by atoms with Gasteiger partial charge in [-0.15, -0.1) is 0 Å². The first-order valence-corrected chi connectivity index (χ1v) is 9.48. The van der Waals surface area contributed by atoms with Crippen molar-refractivity contribution in [3.05, 3.63) is 57.1 Å². The number of benzene rings is 2. The molecule has 0 aliphatic carbocycles. The summed E-state index contributed by atoms with van der Waals surface area (Å²) in [4.78, 5) is 14.9. The molecule has 27 heavy (non-hydrogen) atoms. The van der Waals surface area contributed by atoms with Gasteiger partial charge >= 0.3 is 0 Å². The fourth-order valence-electron chi connectivity index (χ4n) is 3.68. The summed E-state index contributed by atoms with van der Waals surface area (Å²) in [5.41, 5.74) is 3.60. The lowest BCUT2D eigenvalue weighted by atomic mass is 9.98. The minimum Gasteiger partial charge on any atom is -0.490 e. The second kappa shape index (κ2) is 6.99. The van der Waals surface area contributed by atoms with E-state index >= 15 is 0 Å². The van der Waals surface area contributed by atoms with Crippen molar-refractivity contribution in [1.82, 2.24) is 0 Å². The number of hydrogen-bond donors (Lipinski definition) is 0. The van der Waals surface area contributed by atoms with Crippen LogP contribution in [-0.2, 0) is 20.1 Å². The molecule has 0 radical (unpaired) electrons. The second-order valence-corrected chi connectivity index (χ2v) is 7.46. The van der Waals surface area contributed by atoms with Gasteiger partial charge in [0.25, 0.3) is 11.7 Å². The number of aryl methyl sites for hydroxylation is 2. The topological polar surface area (TPSA) is 48.0 Å². The molecule has 7 heteroatoms. The van der Waals surface area contributed by atoms with E-state index in [1.165, 1.54) is 0 Å². The van der Waals surface area contributed by atoms with E-state index in [-0.39, 0.29) is 12.5 Å². The molecule has 5 nitrogen and oxygen atoms in total. The Bertz CT molecular complexity index is 909. The molecule has 2 aromatic rings. The van der Waals surface area contributed by atoms with Crippen LogP contribution in [0.4, 0.5) is 5.69 Å². The molecule has 1 spiro atoms. The number of fused-ring (bicyclic) bond motifs is 2. The number of halogens is 2. The monoisotopic (exact) mass is 407 g/mol. The Hall–Kier alpha value is -1.79. The zero-order valence-corrected chi connectivity index (χ0v) is 16.6. The molecule has 1 amide bonds. The Balaban J connectivity index is 1.60. The van der Waals surface area contributed by atoms with Gasteiger partial charge in [0.15, 0.2) is 0 Å². The molecular weight excluding hydrogens is 389 g/mol. The van der Waals surface area contributed by atoms with Gasteiger partial charge in [-0.05, 0) is 43.2 Å². The van der Waals surface area contributed by atoms with Crippen molar-refractivity contribution < 1.29 is 19.0 Å². The predicted molar refractivity (Wildman–Crippen MR) is 104 cm³/mol. The van der Waals surface area contributed by atoms with Crippen LogP contribution in [0.25, 0.3) is 0 Å². The summed E-state index contributed by atoms with van der Waals surface area (Å²) in [5.74, 6) is -1.02. The third-order valence-electron chi connectivity index (χ3n) is 4.87. The summed E-state index contributed by atoms with van der Waals surface area (Å²) in [7, 11) is 0. The minimum absolute atomic E-state index is 0.210. The SMILES string of the molecule is Cc1ccc(C)c2c1N(CCOc1ccc(Cl)cc1Cl)C(=O)C21OCCO1. The number of carbonyl (C=O) groups excluding carboxylic acids is 1. The molecule has 2 aliphatic heterocycles. The first-order valence-electron chi connectivity index (χ1n) is 8.72. The van der Waals surface area contributed by atoms with Gasteiger partial charge in [-0.1, -0.05) is 35.3 Å². The first-order chi connectivity index (χ1) is 12.9. The Morgan fingerprint density at radius 1 is 1.11 bits per heavy atom. The molecular formula is C20H19Cl2NO4. The number of anilines is 1. The molecule has 1 saturated heterocycles. The molecule has 1 fully saturated rings. The van der Waals surface area contributed by atoms with Crippen molar-refractivity contribution in [1.29, 1.82) is 0 Å². The largest absolute Gasteiger partial charge is 0.490 e. The average Bonchev–Trinajstić information content (AvgIpc) is 3.21. The summed E-state index contributed by atoms with van der Waals surface area (Å²) in [6.45, 7) is 5.35. The van der Waals surface area contributed by atoms with E-state index in [4.69, 9.17) is 37.4 Å². The number of ether oxygens (including phenoxy) is 3.